The van der Waals surface area contributed by atoms with Crippen molar-refractivity contribution in [2.45, 2.75) is 71.6 Å². The maximum absolute atomic E-state index is 11.5. The van der Waals surface area contributed by atoms with E-state index in [2.05, 4.69) is 5.32 Å². The van der Waals surface area contributed by atoms with Crippen LogP contribution >= 0.6 is 0 Å². The number of carbonyl (C=O) groups excluding carboxylic acids is 1. The lowest BCUT2D eigenvalue weighted by Crippen LogP contribution is -2.48. The van der Waals surface area contributed by atoms with E-state index in [0.29, 0.717) is 13.0 Å². The molecule has 22 heavy (non-hydrogen) atoms. The van der Waals surface area contributed by atoms with E-state index in [1.807, 2.05) is 20.8 Å². The Labute approximate surface area is 133 Å². The largest absolute Gasteiger partial charge is 0.391 e. The van der Waals surface area contributed by atoms with Gasteiger partial charge in [-0.15, -0.1) is 0 Å². The van der Waals surface area contributed by atoms with E-state index in [0.717, 1.165) is 6.42 Å². The number of hydrogen-bond donors (Lipinski definition) is 3. The molecule has 1 fully saturated rings. The monoisotopic (exact) mass is 317 g/mol. The third-order valence-corrected chi connectivity index (χ3v) is 4.01. The van der Waals surface area contributed by atoms with E-state index < -0.39 is 30.0 Å². The molecule has 0 spiro atoms. The van der Waals surface area contributed by atoms with Crippen LogP contribution in [0.15, 0.2) is 0 Å². The second kappa shape index (κ2) is 8.24. The summed E-state index contributed by atoms with van der Waals surface area (Å²) in [5.41, 5.74) is 0. The molecule has 0 aliphatic carbocycles. The van der Waals surface area contributed by atoms with Crippen LogP contribution in [0.4, 0.5) is 0 Å². The summed E-state index contributed by atoms with van der Waals surface area (Å²) in [4.78, 5) is 11.5. The van der Waals surface area contributed by atoms with E-state index >= 15 is 0 Å². The molecule has 1 amide bonds. The minimum Gasteiger partial charge on any atom is -0.391 e. The van der Waals surface area contributed by atoms with Gasteiger partial charge in [-0.1, -0.05) is 20.8 Å². The van der Waals surface area contributed by atoms with Crippen molar-refractivity contribution < 1.29 is 24.5 Å². The SMILES string of the molecule is CCCC(=O)NC[C@H](O)C(C(C)C)[C@H](O)[C@H]1COC(C)(C)O1. The van der Waals surface area contributed by atoms with Crippen molar-refractivity contribution in [3.8, 4) is 0 Å². The van der Waals surface area contributed by atoms with Gasteiger partial charge in [0.15, 0.2) is 5.79 Å². The average molecular weight is 317 g/mol. The molecule has 6 nitrogen and oxygen atoms in total. The lowest BCUT2D eigenvalue weighted by molar-refractivity contribution is -0.162. The zero-order valence-electron chi connectivity index (χ0n) is 14.3. The predicted octanol–water partition coefficient (Wildman–Crippen LogP) is 1.05. The highest BCUT2D eigenvalue weighted by Crippen LogP contribution is 2.30. The Kier molecular flexibility index (Phi) is 7.25. The zero-order valence-corrected chi connectivity index (χ0v) is 14.3. The van der Waals surface area contributed by atoms with Crippen molar-refractivity contribution in [3.05, 3.63) is 0 Å². The van der Waals surface area contributed by atoms with Crippen LogP contribution in [0.2, 0.25) is 0 Å². The third-order valence-electron chi connectivity index (χ3n) is 4.01. The van der Waals surface area contributed by atoms with Gasteiger partial charge in [0.25, 0.3) is 0 Å². The number of ether oxygens (including phenoxy) is 2. The van der Waals surface area contributed by atoms with Gasteiger partial charge in [0.2, 0.25) is 5.91 Å². The summed E-state index contributed by atoms with van der Waals surface area (Å²) in [6.07, 6.45) is -0.943. The van der Waals surface area contributed by atoms with Crippen molar-refractivity contribution in [1.29, 1.82) is 0 Å². The zero-order chi connectivity index (χ0) is 16.9. The molecule has 0 radical (unpaired) electrons. The fourth-order valence-electron chi connectivity index (χ4n) is 2.87. The first-order valence-electron chi connectivity index (χ1n) is 8.12. The molecule has 1 aliphatic rings. The first kappa shape index (κ1) is 19.4. The quantitative estimate of drug-likeness (QED) is 0.623. The molecular weight excluding hydrogens is 286 g/mol. The molecule has 130 valence electrons. The van der Waals surface area contributed by atoms with Crippen LogP contribution in [-0.4, -0.2) is 53.4 Å². The van der Waals surface area contributed by atoms with Crippen LogP contribution < -0.4 is 5.32 Å². The van der Waals surface area contributed by atoms with Gasteiger partial charge in [0.05, 0.1) is 18.8 Å². The molecule has 1 aliphatic heterocycles. The Hall–Kier alpha value is -0.690. The average Bonchev–Trinajstić information content (AvgIpc) is 2.77. The highest BCUT2D eigenvalue weighted by atomic mass is 16.7. The standard InChI is InChI=1S/C16H31NO5/c1-6-7-13(19)17-8-11(18)14(10(2)3)15(20)12-9-21-16(4,5)22-12/h10-12,14-15,18,20H,6-9H2,1-5H3,(H,17,19)/t11-,12+,14?,15+/m0/s1. The van der Waals surface area contributed by atoms with Crippen LogP contribution in [-0.2, 0) is 14.3 Å². The van der Waals surface area contributed by atoms with Crippen LogP contribution in [0.25, 0.3) is 0 Å². The van der Waals surface area contributed by atoms with Crippen LogP contribution in [0.1, 0.15) is 47.5 Å². The molecule has 0 aromatic heterocycles. The van der Waals surface area contributed by atoms with Gasteiger partial charge in [-0.05, 0) is 26.2 Å². The highest BCUT2D eigenvalue weighted by molar-refractivity contribution is 5.75. The summed E-state index contributed by atoms with van der Waals surface area (Å²) in [7, 11) is 0. The summed E-state index contributed by atoms with van der Waals surface area (Å²) in [6.45, 7) is 9.83. The molecule has 0 aromatic carbocycles. The normalized spacial score (nSPS) is 25.0. The first-order valence-corrected chi connectivity index (χ1v) is 8.12. The van der Waals surface area contributed by atoms with Gasteiger partial charge in [-0.25, -0.2) is 0 Å². The van der Waals surface area contributed by atoms with Crippen molar-refractivity contribution in [2.75, 3.05) is 13.2 Å². The second-order valence-corrected chi connectivity index (χ2v) is 6.80. The van der Waals surface area contributed by atoms with E-state index in [1.54, 1.807) is 13.8 Å². The summed E-state index contributed by atoms with van der Waals surface area (Å²) in [5.74, 6) is -1.15. The molecule has 1 saturated heterocycles. The third kappa shape index (κ3) is 5.50. The number of amides is 1. The minimum atomic E-state index is -0.847. The van der Waals surface area contributed by atoms with Crippen molar-refractivity contribution in [3.63, 3.8) is 0 Å². The second-order valence-electron chi connectivity index (χ2n) is 6.80. The Morgan fingerprint density at radius 1 is 1.36 bits per heavy atom. The maximum atomic E-state index is 11.5. The molecule has 1 unspecified atom stereocenters. The molecule has 0 bridgehead atoms. The fourth-order valence-corrected chi connectivity index (χ4v) is 2.87. The lowest BCUT2D eigenvalue weighted by Gasteiger charge is -2.33. The fraction of sp³-hybridized carbons (Fsp3) is 0.938. The van der Waals surface area contributed by atoms with E-state index in [-0.39, 0.29) is 18.4 Å². The first-order chi connectivity index (χ1) is 10.2. The van der Waals surface area contributed by atoms with Crippen LogP contribution in [0.3, 0.4) is 0 Å². The predicted molar refractivity (Wildman–Crippen MR) is 83.2 cm³/mol. The number of aliphatic hydroxyl groups excluding tert-OH is 2. The maximum Gasteiger partial charge on any atom is 0.220 e. The molecule has 6 heteroatoms. The van der Waals surface area contributed by atoms with Crippen molar-refractivity contribution in [1.82, 2.24) is 5.32 Å². The molecule has 0 saturated carbocycles. The number of carbonyl (C=O) groups is 1. The Bertz CT molecular complexity index is 358. The summed E-state index contributed by atoms with van der Waals surface area (Å²) < 4.78 is 11.2. The van der Waals surface area contributed by atoms with Crippen molar-refractivity contribution in [2.24, 2.45) is 11.8 Å². The number of rotatable bonds is 8. The van der Waals surface area contributed by atoms with Gasteiger partial charge in [-0.3, -0.25) is 4.79 Å². The molecule has 4 atom stereocenters. The van der Waals surface area contributed by atoms with E-state index in [4.69, 9.17) is 9.47 Å². The smallest absolute Gasteiger partial charge is 0.220 e. The van der Waals surface area contributed by atoms with Crippen molar-refractivity contribution >= 4 is 5.91 Å². The summed E-state index contributed by atoms with van der Waals surface area (Å²) in [6, 6.07) is 0. The van der Waals surface area contributed by atoms with Crippen LogP contribution in [0, 0.1) is 11.8 Å². The Morgan fingerprint density at radius 3 is 2.45 bits per heavy atom. The molecule has 1 rings (SSSR count). The molecular formula is C16H31NO5. The number of hydrogen-bond acceptors (Lipinski definition) is 5. The van der Waals surface area contributed by atoms with E-state index in [1.165, 1.54) is 0 Å². The number of nitrogens with one attached hydrogen (secondary N) is 1. The summed E-state index contributed by atoms with van der Waals surface area (Å²) in [5, 5.41) is 23.7. The van der Waals surface area contributed by atoms with E-state index in [9.17, 15) is 15.0 Å². The number of aliphatic hydroxyl groups is 2. The minimum absolute atomic E-state index is 0.0420. The van der Waals surface area contributed by atoms with Gasteiger partial charge in [-0.2, -0.15) is 0 Å². The molecule has 1 heterocycles. The molecule has 0 aromatic rings. The Balaban J connectivity index is 2.62. The van der Waals surface area contributed by atoms with Gasteiger partial charge in [0, 0.05) is 18.9 Å². The topological polar surface area (TPSA) is 88.0 Å². The lowest BCUT2D eigenvalue weighted by atomic mass is 9.83. The van der Waals surface area contributed by atoms with Crippen LogP contribution in [0.5, 0.6) is 0 Å². The van der Waals surface area contributed by atoms with Gasteiger partial charge in [0.1, 0.15) is 6.10 Å². The molecule has 3 N–H and O–H groups in total. The van der Waals surface area contributed by atoms with Gasteiger partial charge >= 0.3 is 0 Å². The summed E-state index contributed by atoms with van der Waals surface area (Å²) >= 11 is 0. The van der Waals surface area contributed by atoms with Gasteiger partial charge < -0.3 is 25.0 Å². The highest BCUT2D eigenvalue weighted by Gasteiger charge is 2.42. The Morgan fingerprint density at radius 2 is 2.00 bits per heavy atom.